The van der Waals surface area contributed by atoms with Gasteiger partial charge in [-0.05, 0) is 43.5 Å². The zero-order valence-electron chi connectivity index (χ0n) is 16.3. The van der Waals surface area contributed by atoms with E-state index in [9.17, 15) is 9.90 Å². The molecule has 154 valence electrons. The topological polar surface area (TPSA) is 97.5 Å². The van der Waals surface area contributed by atoms with Gasteiger partial charge in [0.2, 0.25) is 0 Å². The third-order valence-electron chi connectivity index (χ3n) is 4.54. The molecule has 3 heterocycles. The van der Waals surface area contributed by atoms with E-state index in [-0.39, 0.29) is 19.1 Å². The molecule has 7 nitrogen and oxygen atoms in total. The molecular weight excluding hydrogens is 422 g/mol. The standard InChI is InChI=1S/C21H19N3O4S2/c1-12-16(13(2)28-24-12)10-27-18-6-5-14(8-15(18)9-25)20(26)23-21-22-17(11-30-21)19-4-3-7-29-19/h3-8,11,25H,9-10H2,1-2H3,(H,22,23,26). The van der Waals surface area contributed by atoms with Gasteiger partial charge in [0, 0.05) is 16.5 Å². The predicted octanol–water partition coefficient (Wildman–Crippen LogP) is 4.80. The number of hydrogen-bond donors (Lipinski definition) is 2. The lowest BCUT2D eigenvalue weighted by atomic mass is 10.1. The number of carbonyl (C=O) groups excluding carboxylic acids is 1. The van der Waals surface area contributed by atoms with E-state index in [0.717, 1.165) is 21.8 Å². The van der Waals surface area contributed by atoms with Gasteiger partial charge in [0.15, 0.2) is 5.13 Å². The molecule has 0 saturated carbocycles. The van der Waals surface area contributed by atoms with Gasteiger partial charge in [-0.15, -0.1) is 22.7 Å². The average molecular weight is 442 g/mol. The van der Waals surface area contributed by atoms with E-state index in [4.69, 9.17) is 9.26 Å². The number of thiazole rings is 1. The van der Waals surface area contributed by atoms with Gasteiger partial charge in [-0.3, -0.25) is 10.1 Å². The van der Waals surface area contributed by atoms with Crippen molar-refractivity contribution in [2.45, 2.75) is 27.1 Å². The van der Waals surface area contributed by atoms with Crippen LogP contribution in [0.1, 0.15) is 32.9 Å². The summed E-state index contributed by atoms with van der Waals surface area (Å²) in [6.45, 7) is 3.68. The molecule has 30 heavy (non-hydrogen) atoms. The summed E-state index contributed by atoms with van der Waals surface area (Å²) >= 11 is 2.96. The summed E-state index contributed by atoms with van der Waals surface area (Å²) in [6, 6.07) is 8.90. The summed E-state index contributed by atoms with van der Waals surface area (Å²) in [5.41, 5.74) is 3.40. The van der Waals surface area contributed by atoms with E-state index in [2.05, 4.69) is 15.5 Å². The number of nitrogens with one attached hydrogen (secondary N) is 1. The first-order chi connectivity index (χ1) is 14.5. The number of aliphatic hydroxyl groups is 1. The number of aromatic nitrogens is 2. The van der Waals surface area contributed by atoms with Crippen LogP contribution in [0, 0.1) is 13.8 Å². The Hall–Kier alpha value is -3.01. The van der Waals surface area contributed by atoms with Crippen LogP contribution in [0.3, 0.4) is 0 Å². The Bertz CT molecular complexity index is 1150. The molecule has 4 aromatic rings. The van der Waals surface area contributed by atoms with Crippen molar-refractivity contribution in [1.82, 2.24) is 10.1 Å². The first-order valence-corrected chi connectivity index (χ1v) is 10.9. The third kappa shape index (κ3) is 4.28. The molecule has 2 N–H and O–H groups in total. The fraction of sp³-hybridized carbons (Fsp3) is 0.190. The Morgan fingerprint density at radius 1 is 1.27 bits per heavy atom. The van der Waals surface area contributed by atoms with Crippen molar-refractivity contribution < 1.29 is 19.2 Å². The maximum atomic E-state index is 12.6. The molecule has 0 radical (unpaired) electrons. The van der Waals surface area contributed by atoms with Crippen molar-refractivity contribution in [3.8, 4) is 16.3 Å². The van der Waals surface area contributed by atoms with Gasteiger partial charge in [0.1, 0.15) is 18.1 Å². The minimum atomic E-state index is -0.297. The summed E-state index contributed by atoms with van der Waals surface area (Å²) in [4.78, 5) is 18.1. The fourth-order valence-corrected chi connectivity index (χ4v) is 4.35. The van der Waals surface area contributed by atoms with Crippen LogP contribution < -0.4 is 10.1 Å². The molecule has 0 saturated heterocycles. The SMILES string of the molecule is Cc1noc(C)c1COc1ccc(C(=O)Nc2nc(-c3cccs3)cs2)cc1CO. The van der Waals surface area contributed by atoms with Crippen molar-refractivity contribution in [2.75, 3.05) is 5.32 Å². The van der Waals surface area contributed by atoms with E-state index in [1.165, 1.54) is 11.3 Å². The van der Waals surface area contributed by atoms with Crippen LogP contribution in [0.4, 0.5) is 5.13 Å². The molecule has 0 atom stereocenters. The van der Waals surface area contributed by atoms with Crippen LogP contribution in [0.2, 0.25) is 0 Å². The predicted molar refractivity (Wildman–Crippen MR) is 116 cm³/mol. The van der Waals surface area contributed by atoms with Gasteiger partial charge in [0.25, 0.3) is 5.91 Å². The Kier molecular flexibility index (Phi) is 5.93. The molecule has 1 amide bonds. The molecule has 0 fully saturated rings. The quantitative estimate of drug-likeness (QED) is 0.428. The summed E-state index contributed by atoms with van der Waals surface area (Å²) in [5.74, 6) is 0.900. The third-order valence-corrected chi connectivity index (χ3v) is 6.19. The van der Waals surface area contributed by atoms with Crippen molar-refractivity contribution in [1.29, 1.82) is 0 Å². The van der Waals surface area contributed by atoms with Crippen LogP contribution in [0.5, 0.6) is 5.75 Å². The second-order valence-corrected chi connectivity index (χ2v) is 8.35. The fourth-order valence-electron chi connectivity index (χ4n) is 2.88. The number of benzene rings is 1. The number of ether oxygens (including phenoxy) is 1. The number of amides is 1. The summed E-state index contributed by atoms with van der Waals surface area (Å²) in [6.07, 6.45) is 0. The van der Waals surface area contributed by atoms with Gasteiger partial charge in [-0.25, -0.2) is 4.98 Å². The van der Waals surface area contributed by atoms with Crippen LogP contribution >= 0.6 is 22.7 Å². The van der Waals surface area contributed by atoms with E-state index in [1.807, 2.05) is 36.7 Å². The highest BCUT2D eigenvalue weighted by Gasteiger charge is 2.15. The number of aryl methyl sites for hydroxylation is 2. The normalized spacial score (nSPS) is 10.9. The number of hydrogen-bond acceptors (Lipinski definition) is 8. The molecule has 0 aliphatic rings. The zero-order valence-corrected chi connectivity index (χ0v) is 18.0. The van der Waals surface area contributed by atoms with Gasteiger partial charge in [0.05, 0.1) is 28.4 Å². The molecule has 0 unspecified atom stereocenters. The number of carbonyl (C=O) groups is 1. The lowest BCUT2D eigenvalue weighted by Crippen LogP contribution is -2.12. The largest absolute Gasteiger partial charge is 0.488 e. The smallest absolute Gasteiger partial charge is 0.257 e. The molecule has 0 bridgehead atoms. The van der Waals surface area contributed by atoms with Gasteiger partial charge < -0.3 is 14.4 Å². The van der Waals surface area contributed by atoms with E-state index in [0.29, 0.717) is 27.8 Å². The van der Waals surface area contributed by atoms with Gasteiger partial charge >= 0.3 is 0 Å². The van der Waals surface area contributed by atoms with Crippen LogP contribution in [-0.2, 0) is 13.2 Å². The molecule has 0 aliphatic carbocycles. The Morgan fingerprint density at radius 2 is 2.13 bits per heavy atom. The monoisotopic (exact) mass is 441 g/mol. The number of thiophene rings is 1. The van der Waals surface area contributed by atoms with Crippen molar-refractivity contribution >= 4 is 33.7 Å². The number of aliphatic hydroxyl groups excluding tert-OH is 1. The molecule has 1 aromatic carbocycles. The van der Waals surface area contributed by atoms with E-state index in [1.54, 1.807) is 29.5 Å². The average Bonchev–Trinajstić information content (AvgIpc) is 3.49. The van der Waals surface area contributed by atoms with Crippen LogP contribution in [0.15, 0.2) is 45.6 Å². The Labute approximate surface area is 181 Å². The highest BCUT2D eigenvalue weighted by molar-refractivity contribution is 7.16. The molecular formula is C21H19N3O4S2. The van der Waals surface area contributed by atoms with Crippen LogP contribution in [-0.4, -0.2) is 21.2 Å². The minimum Gasteiger partial charge on any atom is -0.488 e. The van der Waals surface area contributed by atoms with Crippen molar-refractivity contribution in [2.24, 2.45) is 0 Å². The minimum absolute atomic E-state index is 0.252. The second kappa shape index (κ2) is 8.78. The second-order valence-electron chi connectivity index (χ2n) is 6.54. The summed E-state index contributed by atoms with van der Waals surface area (Å²) in [5, 5.41) is 20.9. The highest BCUT2D eigenvalue weighted by atomic mass is 32.1. The number of nitrogens with zero attached hydrogens (tertiary/aromatic N) is 2. The lowest BCUT2D eigenvalue weighted by molar-refractivity contribution is 0.102. The molecule has 3 aromatic heterocycles. The number of anilines is 1. The lowest BCUT2D eigenvalue weighted by Gasteiger charge is -2.11. The highest BCUT2D eigenvalue weighted by Crippen LogP contribution is 2.29. The molecule has 4 rings (SSSR count). The molecule has 0 spiro atoms. The Balaban J connectivity index is 1.46. The molecule has 9 heteroatoms. The maximum absolute atomic E-state index is 12.6. The van der Waals surface area contributed by atoms with Gasteiger partial charge in [-0.1, -0.05) is 11.2 Å². The number of rotatable bonds is 7. The van der Waals surface area contributed by atoms with Gasteiger partial charge in [-0.2, -0.15) is 0 Å². The Morgan fingerprint density at radius 3 is 2.83 bits per heavy atom. The first kappa shape index (κ1) is 20.3. The van der Waals surface area contributed by atoms with Crippen LogP contribution in [0.25, 0.3) is 10.6 Å². The summed E-state index contributed by atoms with van der Waals surface area (Å²) < 4.78 is 11.0. The van der Waals surface area contributed by atoms with Crippen molar-refractivity contribution in [3.05, 3.63) is 69.2 Å². The summed E-state index contributed by atoms with van der Waals surface area (Å²) in [7, 11) is 0. The maximum Gasteiger partial charge on any atom is 0.257 e. The van der Waals surface area contributed by atoms with Crippen molar-refractivity contribution in [3.63, 3.8) is 0 Å². The molecule has 0 aliphatic heterocycles. The first-order valence-electron chi connectivity index (χ1n) is 9.14. The van der Waals surface area contributed by atoms with E-state index < -0.39 is 0 Å². The zero-order chi connectivity index (χ0) is 21.1. The van der Waals surface area contributed by atoms with E-state index >= 15 is 0 Å².